The van der Waals surface area contributed by atoms with Crippen molar-refractivity contribution in [1.82, 2.24) is 10.6 Å². The summed E-state index contributed by atoms with van der Waals surface area (Å²) in [4.78, 5) is 5.51. The molecule has 146 valence electrons. The minimum Gasteiger partial charge on any atom is -0.396 e. The summed E-state index contributed by atoms with van der Waals surface area (Å²) >= 11 is 1.61. The summed E-state index contributed by atoms with van der Waals surface area (Å²) in [6.45, 7) is 7.85. The smallest absolute Gasteiger partial charge is 0.191 e. The molecule has 2 atom stereocenters. The summed E-state index contributed by atoms with van der Waals surface area (Å²) in [6, 6.07) is 10.2. The van der Waals surface area contributed by atoms with Crippen molar-refractivity contribution in [2.75, 3.05) is 26.2 Å². The van der Waals surface area contributed by atoms with Gasteiger partial charge in [0.15, 0.2) is 5.96 Å². The Morgan fingerprint density at radius 2 is 2.00 bits per heavy atom. The van der Waals surface area contributed by atoms with Crippen molar-refractivity contribution in [1.29, 1.82) is 0 Å². The van der Waals surface area contributed by atoms with Crippen LogP contribution in [0.2, 0.25) is 0 Å². The fourth-order valence-electron chi connectivity index (χ4n) is 2.35. The normalized spacial score (nSPS) is 15.2. The number of aliphatic hydroxyl groups is 2. The Morgan fingerprint density at radius 3 is 2.62 bits per heavy atom. The average molecular weight is 491 g/mol. The fourth-order valence-corrected chi connectivity index (χ4v) is 3.40. The Bertz CT molecular complexity index is 668. The molecule has 26 heavy (non-hydrogen) atoms. The quantitative estimate of drug-likeness (QED) is 0.259. The standard InChI is InChI=1S/C19H29N3O2S.HI/c1-4-19(3,13-23)12-22-18(20-5-2)21-11-15(24)17-10-14-8-6-7-9-16(14)25-17;/h6-10,15,23-24H,4-5,11-13H2,1-3H3,(H2,20,21,22);1H. The van der Waals surface area contributed by atoms with Crippen LogP contribution in [0.5, 0.6) is 0 Å². The van der Waals surface area contributed by atoms with Gasteiger partial charge in [-0.05, 0) is 30.9 Å². The molecule has 0 fully saturated rings. The summed E-state index contributed by atoms with van der Waals surface area (Å²) in [7, 11) is 0. The first kappa shape index (κ1) is 23.1. The van der Waals surface area contributed by atoms with E-state index >= 15 is 0 Å². The van der Waals surface area contributed by atoms with E-state index in [-0.39, 0.29) is 36.0 Å². The lowest BCUT2D eigenvalue weighted by molar-refractivity contribution is 0.145. The summed E-state index contributed by atoms with van der Waals surface area (Å²) < 4.78 is 1.18. The Labute approximate surface area is 176 Å². The van der Waals surface area contributed by atoms with Gasteiger partial charge >= 0.3 is 0 Å². The van der Waals surface area contributed by atoms with Gasteiger partial charge in [0.25, 0.3) is 0 Å². The van der Waals surface area contributed by atoms with Crippen LogP contribution in [-0.4, -0.2) is 42.4 Å². The van der Waals surface area contributed by atoms with Gasteiger partial charge in [0.2, 0.25) is 0 Å². The minimum atomic E-state index is -0.586. The molecule has 0 aliphatic heterocycles. The SMILES string of the molecule is CCNC(=NCC(C)(CC)CO)NCC(O)c1cc2ccccc2s1.I. The molecule has 2 rings (SSSR count). The molecule has 0 saturated heterocycles. The first-order chi connectivity index (χ1) is 12.0. The van der Waals surface area contributed by atoms with Crippen molar-refractivity contribution >= 4 is 51.4 Å². The van der Waals surface area contributed by atoms with Gasteiger partial charge in [-0.1, -0.05) is 32.0 Å². The highest BCUT2D eigenvalue weighted by Gasteiger charge is 2.21. The van der Waals surface area contributed by atoms with Gasteiger partial charge < -0.3 is 20.8 Å². The van der Waals surface area contributed by atoms with Crippen molar-refractivity contribution in [2.45, 2.75) is 33.3 Å². The maximum absolute atomic E-state index is 10.5. The number of rotatable bonds is 8. The third-order valence-electron chi connectivity index (χ3n) is 4.43. The number of guanidine groups is 1. The lowest BCUT2D eigenvalue weighted by Crippen LogP contribution is -2.40. The zero-order chi connectivity index (χ0) is 18.3. The van der Waals surface area contributed by atoms with Gasteiger partial charge in [-0.25, -0.2) is 0 Å². The number of aliphatic imine (C=N–C) groups is 1. The average Bonchev–Trinajstić information content (AvgIpc) is 3.07. The summed E-state index contributed by atoms with van der Waals surface area (Å²) in [6.07, 6.45) is 0.272. The van der Waals surface area contributed by atoms with Crippen LogP contribution in [0.15, 0.2) is 35.3 Å². The van der Waals surface area contributed by atoms with Crippen molar-refractivity contribution in [3.8, 4) is 0 Å². The second-order valence-corrected chi connectivity index (χ2v) is 7.72. The van der Waals surface area contributed by atoms with Gasteiger partial charge in [0, 0.05) is 28.1 Å². The summed E-state index contributed by atoms with van der Waals surface area (Å²) in [5, 5.41) is 27.5. The van der Waals surface area contributed by atoms with Gasteiger partial charge in [-0.2, -0.15) is 0 Å². The van der Waals surface area contributed by atoms with E-state index in [1.165, 1.54) is 4.70 Å². The molecule has 5 nitrogen and oxygen atoms in total. The number of hydrogen-bond acceptors (Lipinski definition) is 4. The van der Waals surface area contributed by atoms with Crippen LogP contribution in [0.3, 0.4) is 0 Å². The molecular formula is C19H30IN3O2S. The van der Waals surface area contributed by atoms with E-state index in [2.05, 4.69) is 34.7 Å². The van der Waals surface area contributed by atoms with E-state index in [1.807, 2.05) is 32.0 Å². The molecule has 1 heterocycles. The monoisotopic (exact) mass is 491 g/mol. The largest absolute Gasteiger partial charge is 0.396 e. The minimum absolute atomic E-state index is 0. The second kappa shape index (κ2) is 11.1. The molecule has 0 aliphatic rings. The number of nitrogens with one attached hydrogen (secondary N) is 2. The van der Waals surface area contributed by atoms with Crippen LogP contribution in [0, 0.1) is 5.41 Å². The Hall–Kier alpha value is -0.900. The number of hydrogen-bond donors (Lipinski definition) is 4. The van der Waals surface area contributed by atoms with Gasteiger partial charge in [0.05, 0.1) is 13.2 Å². The zero-order valence-electron chi connectivity index (χ0n) is 15.7. The number of fused-ring (bicyclic) bond motifs is 1. The van der Waals surface area contributed by atoms with E-state index in [0.717, 1.165) is 23.2 Å². The number of thiophene rings is 1. The van der Waals surface area contributed by atoms with E-state index in [1.54, 1.807) is 11.3 Å². The number of halogens is 1. The predicted molar refractivity (Wildman–Crippen MR) is 122 cm³/mol. The fraction of sp³-hybridized carbons (Fsp3) is 0.526. The summed E-state index contributed by atoms with van der Waals surface area (Å²) in [5.41, 5.74) is -0.216. The topological polar surface area (TPSA) is 76.9 Å². The molecule has 2 aromatic rings. The van der Waals surface area contributed by atoms with Gasteiger partial charge in [-0.15, -0.1) is 35.3 Å². The maximum atomic E-state index is 10.5. The van der Waals surface area contributed by atoms with E-state index in [9.17, 15) is 10.2 Å². The van der Waals surface area contributed by atoms with Crippen LogP contribution in [-0.2, 0) is 0 Å². The first-order valence-electron chi connectivity index (χ1n) is 8.81. The maximum Gasteiger partial charge on any atom is 0.191 e. The van der Waals surface area contributed by atoms with Crippen LogP contribution >= 0.6 is 35.3 Å². The van der Waals surface area contributed by atoms with Crippen molar-refractivity contribution in [3.63, 3.8) is 0 Å². The van der Waals surface area contributed by atoms with E-state index < -0.39 is 6.10 Å². The molecule has 1 aromatic heterocycles. The Kier molecular flexibility index (Phi) is 9.84. The molecule has 7 heteroatoms. The molecule has 2 unspecified atom stereocenters. The van der Waals surface area contributed by atoms with Crippen molar-refractivity contribution in [3.05, 3.63) is 35.2 Å². The molecule has 1 aromatic carbocycles. The molecule has 0 amide bonds. The number of benzene rings is 1. The lowest BCUT2D eigenvalue weighted by atomic mass is 9.89. The van der Waals surface area contributed by atoms with Crippen molar-refractivity contribution in [2.24, 2.45) is 10.4 Å². The van der Waals surface area contributed by atoms with Crippen molar-refractivity contribution < 1.29 is 10.2 Å². The Balaban J connectivity index is 0.00000338. The van der Waals surface area contributed by atoms with E-state index in [0.29, 0.717) is 19.0 Å². The molecular weight excluding hydrogens is 461 g/mol. The van der Waals surface area contributed by atoms with Crippen LogP contribution < -0.4 is 10.6 Å². The molecule has 0 saturated carbocycles. The molecule has 0 bridgehead atoms. The number of aliphatic hydroxyl groups excluding tert-OH is 2. The highest BCUT2D eigenvalue weighted by Crippen LogP contribution is 2.29. The molecule has 0 aliphatic carbocycles. The first-order valence-corrected chi connectivity index (χ1v) is 9.62. The third-order valence-corrected chi connectivity index (χ3v) is 5.65. The number of nitrogens with zero attached hydrogens (tertiary/aromatic N) is 1. The highest BCUT2D eigenvalue weighted by atomic mass is 127. The van der Waals surface area contributed by atoms with Crippen LogP contribution in [0.4, 0.5) is 0 Å². The van der Waals surface area contributed by atoms with Crippen LogP contribution in [0.1, 0.15) is 38.2 Å². The molecule has 0 spiro atoms. The summed E-state index contributed by atoms with van der Waals surface area (Å²) in [5.74, 6) is 0.663. The van der Waals surface area contributed by atoms with Gasteiger partial charge in [0.1, 0.15) is 6.10 Å². The molecule has 0 radical (unpaired) electrons. The van der Waals surface area contributed by atoms with Gasteiger partial charge in [-0.3, -0.25) is 4.99 Å². The molecule has 4 N–H and O–H groups in total. The predicted octanol–water partition coefficient (Wildman–Crippen LogP) is 3.52. The third kappa shape index (κ3) is 6.37. The Morgan fingerprint density at radius 1 is 1.27 bits per heavy atom. The lowest BCUT2D eigenvalue weighted by Gasteiger charge is -2.24. The highest BCUT2D eigenvalue weighted by molar-refractivity contribution is 14.0. The zero-order valence-corrected chi connectivity index (χ0v) is 18.8. The second-order valence-electron chi connectivity index (χ2n) is 6.60. The van der Waals surface area contributed by atoms with Crippen LogP contribution in [0.25, 0.3) is 10.1 Å². The van der Waals surface area contributed by atoms with E-state index in [4.69, 9.17) is 0 Å².